The quantitative estimate of drug-likeness (QED) is 0.391. The van der Waals surface area contributed by atoms with Crippen LogP contribution in [0.4, 0.5) is 23.0 Å². The van der Waals surface area contributed by atoms with Gasteiger partial charge in [-0.2, -0.15) is 0 Å². The van der Waals surface area contributed by atoms with Crippen LogP contribution in [0.25, 0.3) is 5.69 Å². The van der Waals surface area contributed by atoms with E-state index in [0.29, 0.717) is 0 Å². The maximum absolute atomic E-state index is 4.33. The molecule has 0 radical (unpaired) electrons. The van der Waals surface area contributed by atoms with Gasteiger partial charge in [-0.1, -0.05) is 5.11 Å². The lowest BCUT2D eigenvalue weighted by molar-refractivity contribution is -0.657. The summed E-state index contributed by atoms with van der Waals surface area (Å²) in [6.07, 6.45) is 3.90. The molecule has 0 atom stereocenters. The SMILES string of the molecule is Cc1ccc(C)n1-c1ccc(Nc2ccc(N=Nc3n(C)cc[n+]3C)cc2)cc1.[Cl-]. The van der Waals surface area contributed by atoms with Crippen molar-refractivity contribution in [1.82, 2.24) is 9.13 Å². The highest BCUT2D eigenvalue weighted by Gasteiger charge is 2.10. The predicted molar refractivity (Wildman–Crippen MR) is 116 cm³/mol. The third-order valence-corrected chi connectivity index (χ3v) is 4.95. The van der Waals surface area contributed by atoms with Crippen LogP contribution < -0.4 is 22.3 Å². The molecule has 0 saturated heterocycles. The van der Waals surface area contributed by atoms with Gasteiger partial charge in [0, 0.05) is 33.6 Å². The Kier molecular flexibility index (Phi) is 6.37. The summed E-state index contributed by atoms with van der Waals surface area (Å²) in [7, 11) is 3.90. The molecule has 0 aliphatic carbocycles. The fourth-order valence-electron chi connectivity index (χ4n) is 3.37. The van der Waals surface area contributed by atoms with Gasteiger partial charge in [-0.05, 0) is 74.5 Å². The van der Waals surface area contributed by atoms with Crippen LogP contribution in [0.2, 0.25) is 0 Å². The van der Waals surface area contributed by atoms with Crippen molar-refractivity contribution in [2.24, 2.45) is 24.3 Å². The van der Waals surface area contributed by atoms with Gasteiger partial charge in [0.15, 0.2) is 0 Å². The van der Waals surface area contributed by atoms with Crippen molar-refractivity contribution >= 4 is 23.0 Å². The molecule has 30 heavy (non-hydrogen) atoms. The number of hydrogen-bond donors (Lipinski definition) is 1. The van der Waals surface area contributed by atoms with Gasteiger partial charge < -0.3 is 22.3 Å². The highest BCUT2D eigenvalue weighted by Crippen LogP contribution is 2.23. The van der Waals surface area contributed by atoms with Gasteiger partial charge >= 0.3 is 5.95 Å². The number of aromatic nitrogens is 3. The molecule has 7 heteroatoms. The molecule has 0 aliphatic heterocycles. The minimum absolute atomic E-state index is 0. The number of rotatable bonds is 5. The highest BCUT2D eigenvalue weighted by molar-refractivity contribution is 5.62. The van der Waals surface area contributed by atoms with E-state index in [-0.39, 0.29) is 12.4 Å². The molecule has 6 nitrogen and oxygen atoms in total. The normalized spacial score (nSPS) is 10.9. The van der Waals surface area contributed by atoms with E-state index in [0.717, 1.165) is 23.0 Å². The first-order valence-corrected chi connectivity index (χ1v) is 9.56. The molecule has 1 N–H and O–H groups in total. The Morgan fingerprint density at radius 2 is 1.37 bits per heavy atom. The van der Waals surface area contributed by atoms with Crippen molar-refractivity contribution in [3.8, 4) is 5.69 Å². The zero-order chi connectivity index (χ0) is 20.4. The number of nitrogens with zero attached hydrogens (tertiary/aromatic N) is 5. The molecule has 0 spiro atoms. The summed E-state index contributed by atoms with van der Waals surface area (Å²) in [5.74, 6) is 0.792. The van der Waals surface area contributed by atoms with E-state index in [9.17, 15) is 0 Å². The van der Waals surface area contributed by atoms with Crippen LogP contribution in [0.1, 0.15) is 11.4 Å². The Hall–Kier alpha value is -3.38. The van der Waals surface area contributed by atoms with Gasteiger partial charge in [0.25, 0.3) is 0 Å². The van der Waals surface area contributed by atoms with Gasteiger partial charge in [-0.15, -0.1) is 0 Å². The van der Waals surface area contributed by atoms with Crippen LogP contribution in [0.5, 0.6) is 0 Å². The molecule has 0 fully saturated rings. The summed E-state index contributed by atoms with van der Waals surface area (Å²) in [5.41, 5.74) is 6.50. The first kappa shape index (κ1) is 21.3. The van der Waals surface area contributed by atoms with Crippen LogP contribution in [0.15, 0.2) is 83.3 Å². The Morgan fingerprint density at radius 1 is 0.800 bits per heavy atom. The summed E-state index contributed by atoms with van der Waals surface area (Å²) in [5, 5.41) is 12.1. The zero-order valence-electron chi connectivity index (χ0n) is 17.5. The predicted octanol–water partition coefficient (Wildman–Crippen LogP) is 2.42. The van der Waals surface area contributed by atoms with Crippen LogP contribution in [-0.2, 0) is 14.1 Å². The van der Waals surface area contributed by atoms with Crippen molar-refractivity contribution in [2.75, 3.05) is 5.32 Å². The van der Waals surface area contributed by atoms with Gasteiger partial charge in [0.2, 0.25) is 0 Å². The van der Waals surface area contributed by atoms with E-state index in [4.69, 9.17) is 0 Å². The van der Waals surface area contributed by atoms with Crippen LogP contribution in [0.3, 0.4) is 0 Å². The van der Waals surface area contributed by atoms with E-state index < -0.39 is 0 Å². The van der Waals surface area contributed by atoms with E-state index in [1.165, 1.54) is 17.1 Å². The van der Waals surface area contributed by atoms with Gasteiger partial charge in [-0.3, -0.25) is 0 Å². The van der Waals surface area contributed by atoms with E-state index in [1.54, 1.807) is 0 Å². The van der Waals surface area contributed by atoms with Crippen molar-refractivity contribution in [3.63, 3.8) is 0 Å². The number of halogens is 1. The molecule has 2 aromatic heterocycles. The van der Waals surface area contributed by atoms with Gasteiger partial charge in [0.1, 0.15) is 5.69 Å². The van der Waals surface area contributed by atoms with E-state index in [2.05, 4.69) is 70.4 Å². The summed E-state index contributed by atoms with van der Waals surface area (Å²) in [6, 6.07) is 20.6. The molecule has 4 rings (SSSR count). The third-order valence-electron chi connectivity index (χ3n) is 4.95. The lowest BCUT2D eigenvalue weighted by atomic mass is 10.2. The van der Waals surface area contributed by atoms with Crippen molar-refractivity contribution in [1.29, 1.82) is 0 Å². The second-order valence-corrected chi connectivity index (χ2v) is 7.19. The molecule has 2 aromatic carbocycles. The lowest BCUT2D eigenvalue weighted by Crippen LogP contribution is -3.00. The molecule has 4 aromatic rings. The minimum atomic E-state index is 0. The molecule has 0 aliphatic rings. The largest absolute Gasteiger partial charge is 1.00 e. The van der Waals surface area contributed by atoms with Crippen molar-refractivity contribution < 1.29 is 17.0 Å². The lowest BCUT2D eigenvalue weighted by Gasteiger charge is -2.11. The molecular weight excluding hydrogens is 396 g/mol. The van der Waals surface area contributed by atoms with Crippen molar-refractivity contribution in [2.45, 2.75) is 13.8 Å². The van der Waals surface area contributed by atoms with E-state index in [1.807, 2.05) is 59.9 Å². The molecule has 0 bridgehead atoms. The number of benzene rings is 2. The number of azo groups is 1. The molecule has 0 saturated carbocycles. The minimum Gasteiger partial charge on any atom is -1.00 e. The maximum Gasteiger partial charge on any atom is 0.421 e. The zero-order valence-corrected chi connectivity index (χ0v) is 18.3. The topological polar surface area (TPSA) is 50.5 Å². The number of nitrogens with one attached hydrogen (secondary N) is 1. The molecule has 2 heterocycles. The standard InChI is InChI=1S/C23H24N6.ClH/c1-17-5-6-18(2)29(17)22-13-11-20(12-14-22)24-19-7-9-21(10-8-19)25-26-23-27(3)15-16-28(23)4;/h5-16H,1-4H3;1H. The Bertz CT molecular complexity index is 1110. The second-order valence-electron chi connectivity index (χ2n) is 7.19. The fraction of sp³-hybridized carbons (Fsp3) is 0.174. The van der Waals surface area contributed by atoms with Gasteiger partial charge in [-0.25, -0.2) is 9.13 Å². The summed E-state index contributed by atoms with van der Waals surface area (Å²) >= 11 is 0. The third kappa shape index (κ3) is 4.44. The van der Waals surface area contributed by atoms with Crippen molar-refractivity contribution in [3.05, 3.63) is 84.4 Å². The monoisotopic (exact) mass is 420 g/mol. The molecule has 0 unspecified atom stereocenters. The van der Waals surface area contributed by atoms with E-state index >= 15 is 0 Å². The second kappa shape index (κ2) is 8.97. The average Bonchev–Trinajstić information content (AvgIpc) is 3.23. The molecular formula is C23H25ClN6. The van der Waals surface area contributed by atoms with Gasteiger partial charge in [0.05, 0.1) is 26.5 Å². The summed E-state index contributed by atoms with van der Waals surface area (Å²) in [6.45, 7) is 4.24. The van der Waals surface area contributed by atoms with Crippen LogP contribution in [-0.4, -0.2) is 9.13 Å². The Labute approximate surface area is 182 Å². The smallest absolute Gasteiger partial charge is 0.421 e. The first-order valence-electron chi connectivity index (χ1n) is 9.56. The number of hydrogen-bond acceptors (Lipinski definition) is 3. The molecule has 154 valence electrons. The first-order chi connectivity index (χ1) is 14.0. The fourth-order valence-corrected chi connectivity index (χ4v) is 3.37. The Balaban J connectivity index is 0.00000256. The average molecular weight is 421 g/mol. The Morgan fingerprint density at radius 3 is 1.90 bits per heavy atom. The summed E-state index contributed by atoms with van der Waals surface area (Å²) in [4.78, 5) is 0. The number of aryl methyl sites for hydroxylation is 4. The molecule has 0 amide bonds. The highest BCUT2D eigenvalue weighted by atomic mass is 35.5. The van der Waals surface area contributed by atoms with Crippen LogP contribution in [0, 0.1) is 13.8 Å². The number of imidazole rings is 1. The summed E-state index contributed by atoms with van der Waals surface area (Å²) < 4.78 is 6.11. The maximum atomic E-state index is 4.33. The number of anilines is 2. The van der Waals surface area contributed by atoms with Crippen LogP contribution >= 0.6 is 0 Å².